The third-order valence-corrected chi connectivity index (χ3v) is 5.24. The highest BCUT2D eigenvalue weighted by molar-refractivity contribution is 6.14. The smallest absolute Gasteiger partial charge is 0.333 e. The number of urea groups is 1. The van der Waals surface area contributed by atoms with Crippen LogP contribution in [0.1, 0.15) is 64.7 Å². The molecule has 1 aliphatic heterocycles. The predicted molar refractivity (Wildman–Crippen MR) is 119 cm³/mol. The highest BCUT2D eigenvalue weighted by Gasteiger charge is 2.36. The van der Waals surface area contributed by atoms with Crippen molar-refractivity contribution >= 4 is 23.8 Å². The summed E-state index contributed by atoms with van der Waals surface area (Å²) in [7, 11) is 0. The van der Waals surface area contributed by atoms with Gasteiger partial charge >= 0.3 is 12.0 Å². The Morgan fingerprint density at radius 3 is 1.88 bits per heavy atom. The zero-order valence-electron chi connectivity index (χ0n) is 18.9. The fourth-order valence-corrected chi connectivity index (χ4v) is 3.49. The lowest BCUT2D eigenvalue weighted by molar-refractivity contribution is -0.143. The molecule has 176 valence electrons. The Hall–Kier alpha value is -2.90. The van der Waals surface area contributed by atoms with E-state index in [4.69, 9.17) is 9.47 Å². The van der Waals surface area contributed by atoms with E-state index in [-0.39, 0.29) is 12.4 Å². The summed E-state index contributed by atoms with van der Waals surface area (Å²) in [6, 6.07) is 9.15. The molecule has 0 unspecified atom stereocenters. The van der Waals surface area contributed by atoms with Crippen molar-refractivity contribution in [3.8, 4) is 5.75 Å². The largest absolute Gasteiger partial charge is 0.494 e. The van der Waals surface area contributed by atoms with E-state index < -0.39 is 17.8 Å². The number of barbiturate groups is 1. The van der Waals surface area contributed by atoms with E-state index >= 15 is 0 Å². The molecule has 4 amide bonds. The molecule has 0 atom stereocenters. The number of nitrogens with zero attached hydrogens (tertiary/aromatic N) is 2. The van der Waals surface area contributed by atoms with E-state index in [1.165, 1.54) is 16.7 Å². The van der Waals surface area contributed by atoms with Gasteiger partial charge in [-0.2, -0.15) is 0 Å². The van der Waals surface area contributed by atoms with Crippen molar-refractivity contribution in [2.45, 2.75) is 64.7 Å². The second-order valence-electron chi connectivity index (χ2n) is 7.88. The van der Waals surface area contributed by atoms with Gasteiger partial charge in [0.15, 0.2) is 0 Å². The number of ether oxygens (including phenoxy) is 2. The standard InChI is InChI=1S/C24H34N2O6/c1-20(27)31-17-11-4-2-9-15-25-22(28)19-23(29)26(24(25)30)16-10-3-5-12-18-32-21-13-7-6-8-14-21/h6-8,13-14H,2-5,9-12,15-19H2,1H3. The maximum Gasteiger partial charge on any atom is 0.333 e. The second kappa shape index (κ2) is 14.2. The number of carbonyl (C=O) groups is 4. The minimum Gasteiger partial charge on any atom is -0.494 e. The second-order valence-corrected chi connectivity index (χ2v) is 7.88. The van der Waals surface area contributed by atoms with Crippen LogP contribution in [0, 0.1) is 0 Å². The summed E-state index contributed by atoms with van der Waals surface area (Å²) in [5.74, 6) is -0.273. The van der Waals surface area contributed by atoms with Gasteiger partial charge < -0.3 is 9.47 Å². The minimum absolute atomic E-state index is 0.247. The fourth-order valence-electron chi connectivity index (χ4n) is 3.49. The van der Waals surface area contributed by atoms with Gasteiger partial charge in [0.1, 0.15) is 12.2 Å². The zero-order valence-corrected chi connectivity index (χ0v) is 18.9. The molecule has 1 aromatic carbocycles. The average molecular weight is 447 g/mol. The number of unbranched alkanes of at least 4 members (excludes halogenated alkanes) is 6. The molecule has 1 aliphatic rings. The molecule has 8 heteroatoms. The summed E-state index contributed by atoms with van der Waals surface area (Å²) >= 11 is 0. The number of hydrogen-bond acceptors (Lipinski definition) is 6. The van der Waals surface area contributed by atoms with E-state index in [0.717, 1.165) is 44.3 Å². The predicted octanol–water partition coefficient (Wildman–Crippen LogP) is 3.93. The first-order valence-corrected chi connectivity index (χ1v) is 11.4. The molecule has 0 aliphatic carbocycles. The summed E-state index contributed by atoms with van der Waals surface area (Å²) < 4.78 is 10.5. The number of para-hydroxylation sites is 1. The van der Waals surface area contributed by atoms with Gasteiger partial charge in [-0.1, -0.05) is 37.5 Å². The molecule has 0 saturated carbocycles. The van der Waals surface area contributed by atoms with Crippen molar-refractivity contribution in [2.75, 3.05) is 26.3 Å². The number of hydrogen-bond donors (Lipinski definition) is 0. The minimum atomic E-state index is -0.501. The van der Waals surface area contributed by atoms with Gasteiger partial charge in [0.05, 0.1) is 13.2 Å². The molecule has 0 N–H and O–H groups in total. The molecular formula is C24H34N2O6. The molecule has 0 radical (unpaired) electrons. The molecule has 1 fully saturated rings. The number of rotatable bonds is 15. The van der Waals surface area contributed by atoms with E-state index in [1.54, 1.807) is 0 Å². The number of carbonyl (C=O) groups excluding carboxylic acids is 4. The SMILES string of the molecule is CC(=O)OCCCCCCN1C(=O)CC(=O)N(CCCCCCOc2ccccc2)C1=O. The van der Waals surface area contributed by atoms with Crippen LogP contribution in [-0.4, -0.2) is 59.9 Å². The van der Waals surface area contributed by atoms with Gasteiger partial charge in [-0.05, 0) is 44.2 Å². The molecule has 1 saturated heterocycles. The van der Waals surface area contributed by atoms with Crippen LogP contribution >= 0.6 is 0 Å². The first-order chi connectivity index (χ1) is 15.5. The molecule has 32 heavy (non-hydrogen) atoms. The van der Waals surface area contributed by atoms with Crippen molar-refractivity contribution in [1.82, 2.24) is 9.80 Å². The van der Waals surface area contributed by atoms with Crippen LogP contribution < -0.4 is 4.74 Å². The molecule has 1 aromatic rings. The van der Waals surface area contributed by atoms with Crippen LogP contribution in [0.4, 0.5) is 4.79 Å². The van der Waals surface area contributed by atoms with Gasteiger partial charge in [-0.15, -0.1) is 0 Å². The van der Waals surface area contributed by atoms with Crippen LogP contribution in [0.2, 0.25) is 0 Å². The Labute approximate surface area is 189 Å². The van der Waals surface area contributed by atoms with Crippen molar-refractivity contribution in [1.29, 1.82) is 0 Å². The maximum absolute atomic E-state index is 12.6. The van der Waals surface area contributed by atoms with Crippen LogP contribution in [0.5, 0.6) is 5.75 Å². The highest BCUT2D eigenvalue weighted by Crippen LogP contribution is 2.16. The van der Waals surface area contributed by atoms with Crippen LogP contribution in [0.3, 0.4) is 0 Å². The molecular weight excluding hydrogens is 412 g/mol. The number of benzene rings is 1. The lowest BCUT2D eigenvalue weighted by Gasteiger charge is -2.32. The van der Waals surface area contributed by atoms with Crippen LogP contribution in [0.15, 0.2) is 30.3 Å². The quantitative estimate of drug-likeness (QED) is 0.230. The van der Waals surface area contributed by atoms with Gasteiger partial charge in [-0.3, -0.25) is 24.2 Å². The Morgan fingerprint density at radius 2 is 1.31 bits per heavy atom. The summed E-state index contributed by atoms with van der Waals surface area (Å²) in [6.45, 7) is 3.04. The molecule has 2 rings (SSSR count). The topological polar surface area (TPSA) is 93.2 Å². The van der Waals surface area contributed by atoms with Crippen LogP contribution in [0.25, 0.3) is 0 Å². The molecule has 0 aromatic heterocycles. The van der Waals surface area contributed by atoms with E-state index in [2.05, 4.69) is 0 Å². The van der Waals surface area contributed by atoms with E-state index in [9.17, 15) is 19.2 Å². The third-order valence-electron chi connectivity index (χ3n) is 5.24. The lowest BCUT2D eigenvalue weighted by atomic mass is 10.1. The Balaban J connectivity index is 1.61. The van der Waals surface area contributed by atoms with Crippen LogP contribution in [-0.2, 0) is 19.1 Å². The Kier molecular flexibility index (Phi) is 11.3. The number of amides is 4. The summed E-state index contributed by atoms with van der Waals surface area (Å²) in [6.07, 6.45) is 6.27. The number of esters is 1. The van der Waals surface area contributed by atoms with Gasteiger partial charge in [0, 0.05) is 20.0 Å². The molecule has 8 nitrogen and oxygen atoms in total. The monoisotopic (exact) mass is 446 g/mol. The maximum atomic E-state index is 12.6. The van der Waals surface area contributed by atoms with Crippen molar-refractivity contribution in [2.24, 2.45) is 0 Å². The first-order valence-electron chi connectivity index (χ1n) is 11.4. The summed E-state index contributed by atoms with van der Waals surface area (Å²) in [4.78, 5) is 50.1. The number of imide groups is 2. The highest BCUT2D eigenvalue weighted by atomic mass is 16.5. The van der Waals surface area contributed by atoms with E-state index in [1.807, 2.05) is 30.3 Å². The van der Waals surface area contributed by atoms with Gasteiger partial charge in [0.25, 0.3) is 0 Å². The summed E-state index contributed by atoms with van der Waals surface area (Å²) in [5, 5.41) is 0. The van der Waals surface area contributed by atoms with Crippen molar-refractivity contribution < 1.29 is 28.7 Å². The van der Waals surface area contributed by atoms with E-state index in [0.29, 0.717) is 39.1 Å². The van der Waals surface area contributed by atoms with Crippen molar-refractivity contribution in [3.05, 3.63) is 30.3 Å². The van der Waals surface area contributed by atoms with Gasteiger partial charge in [-0.25, -0.2) is 4.79 Å². The third kappa shape index (κ3) is 9.08. The fraction of sp³-hybridized carbons (Fsp3) is 0.583. The average Bonchev–Trinajstić information content (AvgIpc) is 2.76. The van der Waals surface area contributed by atoms with Gasteiger partial charge in [0.2, 0.25) is 11.8 Å². The first kappa shape index (κ1) is 25.4. The molecule has 0 spiro atoms. The molecule has 1 heterocycles. The Bertz CT molecular complexity index is 752. The normalized spacial score (nSPS) is 14.1. The van der Waals surface area contributed by atoms with Crippen molar-refractivity contribution in [3.63, 3.8) is 0 Å². The molecule has 0 bridgehead atoms. The lowest BCUT2D eigenvalue weighted by Crippen LogP contribution is -2.55. The zero-order chi connectivity index (χ0) is 23.2. The summed E-state index contributed by atoms with van der Waals surface area (Å²) in [5.41, 5.74) is 0. The Morgan fingerprint density at radius 1 is 0.781 bits per heavy atom.